The number of carbonyl (C=O) groups is 3. The van der Waals surface area contributed by atoms with Crippen LogP contribution in [0, 0.1) is 0 Å². The third-order valence-electron chi connectivity index (χ3n) is 5.31. The van der Waals surface area contributed by atoms with Gasteiger partial charge in [-0.3, -0.25) is 19.3 Å². The molecule has 8 nitrogen and oxygen atoms in total. The van der Waals surface area contributed by atoms with Gasteiger partial charge in [-0.05, 0) is 30.7 Å². The molecule has 1 aromatic heterocycles. The number of amides is 3. The Bertz CT molecular complexity index is 888. The van der Waals surface area contributed by atoms with E-state index in [-0.39, 0.29) is 24.3 Å². The topological polar surface area (TPSA) is 86.1 Å². The number of hydrogen-bond acceptors (Lipinski definition) is 5. The van der Waals surface area contributed by atoms with Gasteiger partial charge in [0.05, 0.1) is 18.4 Å². The van der Waals surface area contributed by atoms with Gasteiger partial charge in [-0.15, -0.1) is 0 Å². The van der Waals surface area contributed by atoms with Crippen molar-refractivity contribution in [2.75, 3.05) is 49.5 Å². The van der Waals surface area contributed by atoms with E-state index in [1.54, 1.807) is 15.9 Å². The Morgan fingerprint density at radius 3 is 2.59 bits per heavy atom. The molecule has 2 aromatic rings. The van der Waals surface area contributed by atoms with E-state index in [1.807, 2.05) is 29.2 Å². The Morgan fingerprint density at radius 2 is 1.90 bits per heavy atom. The predicted molar refractivity (Wildman–Crippen MR) is 108 cm³/mol. The quantitative estimate of drug-likeness (QED) is 0.833. The summed E-state index contributed by atoms with van der Waals surface area (Å²) in [4.78, 5) is 42.3. The molecule has 0 saturated carbocycles. The lowest BCUT2D eigenvalue weighted by atomic mass is 10.2. The third-order valence-corrected chi connectivity index (χ3v) is 5.31. The molecule has 0 bridgehead atoms. The molecule has 2 aliphatic heterocycles. The summed E-state index contributed by atoms with van der Waals surface area (Å²) >= 11 is 0. The highest BCUT2D eigenvalue weighted by Crippen LogP contribution is 2.24. The highest BCUT2D eigenvalue weighted by molar-refractivity contribution is 5.97. The van der Waals surface area contributed by atoms with Gasteiger partial charge in [-0.1, -0.05) is 6.07 Å². The zero-order valence-corrected chi connectivity index (χ0v) is 16.2. The van der Waals surface area contributed by atoms with Crippen molar-refractivity contribution in [1.82, 2.24) is 9.80 Å². The second kappa shape index (κ2) is 8.48. The van der Waals surface area contributed by atoms with Crippen molar-refractivity contribution in [1.29, 1.82) is 0 Å². The van der Waals surface area contributed by atoms with E-state index in [4.69, 9.17) is 4.42 Å². The van der Waals surface area contributed by atoms with Crippen molar-refractivity contribution in [3.63, 3.8) is 0 Å². The molecule has 0 spiro atoms. The van der Waals surface area contributed by atoms with Crippen LogP contribution in [0.25, 0.3) is 0 Å². The van der Waals surface area contributed by atoms with Crippen molar-refractivity contribution in [3.8, 4) is 0 Å². The smallest absolute Gasteiger partial charge is 0.257 e. The minimum Gasteiger partial charge on any atom is -0.472 e. The lowest BCUT2D eigenvalue weighted by Gasteiger charge is -2.34. The van der Waals surface area contributed by atoms with Crippen LogP contribution in [0.1, 0.15) is 23.2 Å². The Labute approximate surface area is 169 Å². The second-order valence-electron chi connectivity index (χ2n) is 7.33. The van der Waals surface area contributed by atoms with Crippen molar-refractivity contribution < 1.29 is 18.8 Å². The highest BCUT2D eigenvalue weighted by Gasteiger charge is 2.24. The summed E-state index contributed by atoms with van der Waals surface area (Å²) in [7, 11) is 0. The van der Waals surface area contributed by atoms with Crippen LogP contribution in [0.4, 0.5) is 11.4 Å². The highest BCUT2D eigenvalue weighted by atomic mass is 16.3. The number of hydrogen-bond donors (Lipinski definition) is 1. The lowest BCUT2D eigenvalue weighted by molar-refractivity contribution is -0.118. The van der Waals surface area contributed by atoms with Gasteiger partial charge in [-0.25, -0.2) is 0 Å². The number of rotatable bonds is 5. The summed E-state index contributed by atoms with van der Waals surface area (Å²) in [6.07, 6.45) is 4.38. The molecule has 4 rings (SSSR count). The first kappa shape index (κ1) is 19.2. The number of anilines is 2. The first-order valence-corrected chi connectivity index (χ1v) is 9.84. The van der Waals surface area contributed by atoms with Gasteiger partial charge in [0, 0.05) is 50.5 Å². The Hall–Kier alpha value is -3.13. The molecular weight excluding hydrogens is 372 g/mol. The van der Waals surface area contributed by atoms with E-state index in [1.165, 1.54) is 12.5 Å². The molecule has 8 heteroatoms. The molecule has 2 saturated heterocycles. The zero-order valence-electron chi connectivity index (χ0n) is 16.2. The molecule has 2 aliphatic rings. The van der Waals surface area contributed by atoms with Crippen LogP contribution in [-0.2, 0) is 9.59 Å². The van der Waals surface area contributed by atoms with Crippen LogP contribution in [-0.4, -0.2) is 66.8 Å². The molecule has 2 fully saturated rings. The van der Waals surface area contributed by atoms with E-state index in [9.17, 15) is 14.4 Å². The molecule has 0 unspecified atom stereocenters. The zero-order chi connectivity index (χ0) is 20.2. The fourth-order valence-corrected chi connectivity index (χ4v) is 3.75. The molecule has 0 radical (unpaired) electrons. The Balaban J connectivity index is 1.27. The molecular formula is C21H24N4O4. The minimum absolute atomic E-state index is 0.0453. The van der Waals surface area contributed by atoms with Crippen LogP contribution in [0.5, 0.6) is 0 Å². The maximum Gasteiger partial charge on any atom is 0.257 e. The summed E-state index contributed by atoms with van der Waals surface area (Å²) < 4.78 is 4.97. The molecule has 0 atom stereocenters. The number of nitrogens with one attached hydrogen (secondary N) is 1. The summed E-state index contributed by atoms with van der Waals surface area (Å²) in [6.45, 7) is 3.41. The van der Waals surface area contributed by atoms with Crippen molar-refractivity contribution in [2.24, 2.45) is 0 Å². The van der Waals surface area contributed by atoms with Crippen LogP contribution < -0.4 is 10.2 Å². The van der Waals surface area contributed by atoms with Crippen LogP contribution in [0.15, 0.2) is 47.3 Å². The standard InChI is InChI=1S/C21H24N4O4/c26-19(22-17-3-1-4-18(13-17)25-7-2-5-20(25)27)14-23-8-10-24(11-9-23)21(28)16-6-12-29-15-16/h1,3-4,6,12-13,15H,2,5,7-11,14H2,(H,22,26). The number of nitrogens with zero attached hydrogens (tertiary/aromatic N) is 3. The molecule has 1 N–H and O–H groups in total. The number of benzene rings is 1. The van der Waals surface area contributed by atoms with E-state index < -0.39 is 0 Å². The molecule has 3 amide bonds. The average molecular weight is 396 g/mol. The molecule has 29 heavy (non-hydrogen) atoms. The first-order valence-electron chi connectivity index (χ1n) is 9.84. The van der Waals surface area contributed by atoms with E-state index in [0.717, 1.165) is 18.7 Å². The summed E-state index contributed by atoms with van der Waals surface area (Å²) in [5, 5.41) is 2.91. The first-order chi connectivity index (χ1) is 14.1. The fourth-order valence-electron chi connectivity index (χ4n) is 3.75. The normalized spacial score (nSPS) is 17.6. The summed E-state index contributed by atoms with van der Waals surface area (Å²) in [5.74, 6) is -0.0306. The average Bonchev–Trinajstić information content (AvgIpc) is 3.40. The van der Waals surface area contributed by atoms with Crippen LogP contribution in [0.3, 0.4) is 0 Å². The van der Waals surface area contributed by atoms with Gasteiger partial charge in [0.25, 0.3) is 5.91 Å². The number of carbonyl (C=O) groups excluding carboxylic acids is 3. The van der Waals surface area contributed by atoms with Crippen LogP contribution in [0.2, 0.25) is 0 Å². The predicted octanol–water partition coefficient (Wildman–Crippen LogP) is 1.80. The van der Waals surface area contributed by atoms with Gasteiger partial charge in [0.1, 0.15) is 6.26 Å². The molecule has 152 valence electrons. The molecule has 0 aliphatic carbocycles. The van der Waals surface area contributed by atoms with E-state index >= 15 is 0 Å². The number of furan rings is 1. The van der Waals surface area contributed by atoms with E-state index in [2.05, 4.69) is 5.32 Å². The maximum absolute atomic E-state index is 12.5. The largest absolute Gasteiger partial charge is 0.472 e. The second-order valence-corrected chi connectivity index (χ2v) is 7.33. The summed E-state index contributed by atoms with van der Waals surface area (Å²) in [6, 6.07) is 9.05. The monoisotopic (exact) mass is 396 g/mol. The van der Waals surface area contributed by atoms with Crippen molar-refractivity contribution in [2.45, 2.75) is 12.8 Å². The third kappa shape index (κ3) is 4.48. The Kier molecular flexibility index (Phi) is 5.62. The Morgan fingerprint density at radius 1 is 1.07 bits per heavy atom. The SMILES string of the molecule is O=C(CN1CCN(C(=O)c2ccoc2)CC1)Nc1cccc(N2CCCC2=O)c1. The fraction of sp³-hybridized carbons (Fsp3) is 0.381. The molecule has 1 aromatic carbocycles. The van der Waals surface area contributed by atoms with Crippen molar-refractivity contribution in [3.05, 3.63) is 48.4 Å². The van der Waals surface area contributed by atoms with Gasteiger partial charge in [0.2, 0.25) is 11.8 Å². The maximum atomic E-state index is 12.5. The number of piperazine rings is 1. The van der Waals surface area contributed by atoms with Crippen molar-refractivity contribution >= 4 is 29.1 Å². The van der Waals surface area contributed by atoms with Gasteiger partial charge < -0.3 is 19.5 Å². The van der Waals surface area contributed by atoms with Gasteiger partial charge >= 0.3 is 0 Å². The summed E-state index contributed by atoms with van der Waals surface area (Å²) in [5.41, 5.74) is 2.05. The van der Waals surface area contributed by atoms with Gasteiger partial charge in [0.15, 0.2) is 0 Å². The lowest BCUT2D eigenvalue weighted by Crippen LogP contribution is -2.50. The molecule has 3 heterocycles. The van der Waals surface area contributed by atoms with Crippen LogP contribution >= 0.6 is 0 Å². The minimum atomic E-state index is -0.107. The van der Waals surface area contributed by atoms with E-state index in [0.29, 0.717) is 43.9 Å². The van der Waals surface area contributed by atoms with Gasteiger partial charge in [-0.2, -0.15) is 0 Å².